The number of methoxy groups -OCH3 is 2. The number of aromatic hydroxyl groups is 1. The Kier molecular flexibility index (Phi) is 4.86. The molecule has 132 valence electrons. The van der Waals surface area contributed by atoms with Crippen molar-refractivity contribution in [3.8, 4) is 23.0 Å². The second kappa shape index (κ2) is 7.07. The Labute approximate surface area is 147 Å². The molecule has 2 N–H and O–H groups in total. The van der Waals surface area contributed by atoms with Crippen molar-refractivity contribution < 1.29 is 24.4 Å². The van der Waals surface area contributed by atoms with E-state index in [2.05, 4.69) is 6.58 Å². The topological polar surface area (TPSA) is 68.2 Å². The highest BCUT2D eigenvalue weighted by molar-refractivity contribution is 5.56. The van der Waals surface area contributed by atoms with Gasteiger partial charge in [-0.1, -0.05) is 18.2 Å². The van der Waals surface area contributed by atoms with E-state index in [1.54, 1.807) is 25.3 Å². The largest absolute Gasteiger partial charge is 0.504 e. The molecule has 0 radical (unpaired) electrons. The smallest absolute Gasteiger partial charge is 0.165 e. The maximum absolute atomic E-state index is 9.99. The molecule has 0 aromatic heterocycles. The van der Waals surface area contributed by atoms with Gasteiger partial charge < -0.3 is 24.4 Å². The Balaban J connectivity index is 2.05. The van der Waals surface area contributed by atoms with Gasteiger partial charge in [-0.05, 0) is 35.7 Å². The van der Waals surface area contributed by atoms with Crippen molar-refractivity contribution in [2.24, 2.45) is 0 Å². The van der Waals surface area contributed by atoms with Gasteiger partial charge in [-0.25, -0.2) is 0 Å². The monoisotopic (exact) mass is 342 g/mol. The van der Waals surface area contributed by atoms with Gasteiger partial charge in [0.15, 0.2) is 23.0 Å². The molecule has 1 heterocycles. The van der Waals surface area contributed by atoms with E-state index in [0.29, 0.717) is 23.7 Å². The molecule has 0 spiro atoms. The minimum absolute atomic E-state index is 0.0631. The van der Waals surface area contributed by atoms with Crippen LogP contribution in [0.5, 0.6) is 23.0 Å². The zero-order valence-electron chi connectivity index (χ0n) is 14.4. The third-order valence-electron chi connectivity index (χ3n) is 4.48. The summed E-state index contributed by atoms with van der Waals surface area (Å²) in [6.07, 6.45) is 2.15. The van der Waals surface area contributed by atoms with Crippen LogP contribution in [0.2, 0.25) is 0 Å². The van der Waals surface area contributed by atoms with Crippen LogP contribution >= 0.6 is 0 Å². The lowest BCUT2D eigenvalue weighted by molar-refractivity contribution is 0.157. The van der Waals surface area contributed by atoms with Crippen LogP contribution < -0.4 is 14.2 Å². The van der Waals surface area contributed by atoms with Crippen LogP contribution in [0.15, 0.2) is 43.0 Å². The van der Waals surface area contributed by atoms with Crippen molar-refractivity contribution in [3.63, 3.8) is 0 Å². The molecule has 0 aliphatic carbocycles. The van der Waals surface area contributed by atoms with E-state index in [9.17, 15) is 10.2 Å². The van der Waals surface area contributed by atoms with Crippen LogP contribution in [0.25, 0.3) is 0 Å². The molecule has 0 amide bonds. The molecule has 2 aromatic rings. The molecule has 2 aromatic carbocycles. The molecule has 5 nitrogen and oxygen atoms in total. The number of phenolic OH excluding ortho intramolecular Hbond substituents is 1. The minimum atomic E-state index is -0.387. The number of aliphatic hydroxyl groups excluding tert-OH is 1. The number of hydrogen-bond donors (Lipinski definition) is 2. The molecule has 25 heavy (non-hydrogen) atoms. The van der Waals surface area contributed by atoms with E-state index in [-0.39, 0.29) is 24.4 Å². The Morgan fingerprint density at radius 3 is 2.56 bits per heavy atom. The lowest BCUT2D eigenvalue weighted by Gasteiger charge is -2.18. The van der Waals surface area contributed by atoms with E-state index in [4.69, 9.17) is 14.2 Å². The van der Waals surface area contributed by atoms with Crippen molar-refractivity contribution in [1.29, 1.82) is 0 Å². The second-order valence-electron chi connectivity index (χ2n) is 5.97. The first kappa shape index (κ1) is 17.2. The van der Waals surface area contributed by atoms with Gasteiger partial charge in [0.2, 0.25) is 0 Å². The van der Waals surface area contributed by atoms with Gasteiger partial charge in [0.25, 0.3) is 0 Å². The molecule has 2 unspecified atom stereocenters. The van der Waals surface area contributed by atoms with Gasteiger partial charge in [0, 0.05) is 5.56 Å². The van der Waals surface area contributed by atoms with E-state index >= 15 is 0 Å². The summed E-state index contributed by atoms with van der Waals surface area (Å²) in [6.45, 7) is 3.71. The summed E-state index contributed by atoms with van der Waals surface area (Å²) < 4.78 is 16.8. The summed E-state index contributed by atoms with van der Waals surface area (Å²) in [5, 5.41) is 19.8. The zero-order valence-corrected chi connectivity index (χ0v) is 14.4. The van der Waals surface area contributed by atoms with Crippen molar-refractivity contribution >= 4 is 0 Å². The molecule has 3 rings (SSSR count). The van der Waals surface area contributed by atoms with E-state index < -0.39 is 0 Å². The average Bonchev–Trinajstić information content (AvgIpc) is 3.00. The number of phenols is 1. The van der Waals surface area contributed by atoms with Gasteiger partial charge in [-0.2, -0.15) is 0 Å². The van der Waals surface area contributed by atoms with Crippen LogP contribution in [-0.4, -0.2) is 31.0 Å². The highest BCUT2D eigenvalue weighted by atomic mass is 16.5. The molecular formula is C20H22O5. The molecule has 1 aliphatic heterocycles. The van der Waals surface area contributed by atoms with Crippen LogP contribution in [-0.2, 0) is 6.42 Å². The summed E-state index contributed by atoms with van der Waals surface area (Å²) in [5.74, 6) is 1.48. The normalized spacial score (nSPS) is 18.4. The molecule has 5 heteroatoms. The molecular weight excluding hydrogens is 320 g/mol. The number of hydrogen-bond acceptors (Lipinski definition) is 5. The summed E-state index contributed by atoms with van der Waals surface area (Å²) in [5.41, 5.74) is 2.78. The first-order valence-electron chi connectivity index (χ1n) is 8.09. The zero-order chi connectivity index (χ0) is 18.0. The summed E-state index contributed by atoms with van der Waals surface area (Å²) in [6, 6.07) is 9.02. The first-order chi connectivity index (χ1) is 12.1. The minimum Gasteiger partial charge on any atom is -0.504 e. The van der Waals surface area contributed by atoms with Gasteiger partial charge in [-0.3, -0.25) is 0 Å². The summed E-state index contributed by atoms with van der Waals surface area (Å²) >= 11 is 0. The molecule has 1 aliphatic rings. The van der Waals surface area contributed by atoms with Crippen LogP contribution in [0, 0.1) is 0 Å². The van der Waals surface area contributed by atoms with E-state index in [0.717, 1.165) is 16.7 Å². The Morgan fingerprint density at radius 1 is 1.16 bits per heavy atom. The molecule has 0 saturated carbocycles. The summed E-state index contributed by atoms with van der Waals surface area (Å²) in [7, 11) is 3.10. The number of allylic oxidation sites excluding steroid dienone is 1. The number of aliphatic hydroxyl groups is 1. The lowest BCUT2D eigenvalue weighted by atomic mass is 9.90. The van der Waals surface area contributed by atoms with Gasteiger partial charge in [-0.15, -0.1) is 6.58 Å². The first-order valence-corrected chi connectivity index (χ1v) is 8.09. The van der Waals surface area contributed by atoms with Gasteiger partial charge in [0.1, 0.15) is 6.10 Å². The second-order valence-corrected chi connectivity index (χ2v) is 5.97. The van der Waals surface area contributed by atoms with Crippen molar-refractivity contribution in [2.75, 3.05) is 20.8 Å². The molecule has 2 atom stereocenters. The Morgan fingerprint density at radius 2 is 1.92 bits per heavy atom. The Hall–Kier alpha value is -2.66. The predicted molar refractivity (Wildman–Crippen MR) is 94.7 cm³/mol. The number of benzene rings is 2. The van der Waals surface area contributed by atoms with Crippen LogP contribution in [0.3, 0.4) is 0 Å². The highest BCUT2D eigenvalue weighted by Crippen LogP contribution is 2.51. The van der Waals surface area contributed by atoms with Gasteiger partial charge >= 0.3 is 0 Å². The van der Waals surface area contributed by atoms with E-state index in [1.165, 1.54) is 7.11 Å². The van der Waals surface area contributed by atoms with Crippen molar-refractivity contribution in [3.05, 3.63) is 59.7 Å². The Bertz CT molecular complexity index is 784. The third-order valence-corrected chi connectivity index (χ3v) is 4.48. The third kappa shape index (κ3) is 3.03. The average molecular weight is 342 g/mol. The molecule has 0 fully saturated rings. The lowest BCUT2D eigenvalue weighted by Crippen LogP contribution is -2.13. The van der Waals surface area contributed by atoms with Crippen LogP contribution in [0.4, 0.5) is 0 Å². The quantitative estimate of drug-likeness (QED) is 0.788. The number of ether oxygens (including phenoxy) is 3. The predicted octanol–water partition coefficient (Wildman–Crippen LogP) is 3.35. The fourth-order valence-corrected chi connectivity index (χ4v) is 3.26. The van der Waals surface area contributed by atoms with Crippen molar-refractivity contribution in [2.45, 2.75) is 18.4 Å². The fourth-order valence-electron chi connectivity index (χ4n) is 3.26. The number of fused-ring (bicyclic) bond motifs is 1. The number of rotatable bonds is 6. The SMILES string of the molecule is C=CCc1cc(OC)c2c(c1)C(CO)C(c1ccc(O)c(OC)c1)O2. The fraction of sp³-hybridized carbons (Fsp3) is 0.300. The van der Waals surface area contributed by atoms with Crippen molar-refractivity contribution in [1.82, 2.24) is 0 Å². The maximum atomic E-state index is 9.99. The van der Waals surface area contributed by atoms with E-state index in [1.807, 2.05) is 18.2 Å². The molecule has 0 saturated heterocycles. The highest BCUT2D eigenvalue weighted by Gasteiger charge is 2.37. The standard InChI is InChI=1S/C20H22O5/c1-4-5-12-8-14-15(11-21)19(25-20(14)18(9-12)24-3)13-6-7-16(22)17(10-13)23-2/h4,6-10,15,19,21-22H,1,5,11H2,2-3H3. The summed E-state index contributed by atoms with van der Waals surface area (Å²) in [4.78, 5) is 0. The van der Waals surface area contributed by atoms with Crippen LogP contribution in [0.1, 0.15) is 28.7 Å². The molecule has 0 bridgehead atoms. The van der Waals surface area contributed by atoms with Gasteiger partial charge in [0.05, 0.1) is 26.7 Å². The maximum Gasteiger partial charge on any atom is 0.165 e.